The maximum Gasteiger partial charge on any atom is 0.451 e. The zero-order chi connectivity index (χ0) is 17.2. The molecule has 0 aliphatic rings. The Balaban J connectivity index is 2.51. The quantitative estimate of drug-likeness (QED) is 0.878. The van der Waals surface area contributed by atoms with Crippen LogP contribution >= 0.6 is 0 Å². The highest BCUT2D eigenvalue weighted by Crippen LogP contribution is 2.30. The van der Waals surface area contributed by atoms with Crippen molar-refractivity contribution in [1.29, 1.82) is 0 Å². The standard InChI is InChI=1S/C15H16F3N3O2/c1-8(2)7-11(13(22)23)19-12-9-5-3-4-6-10(9)20-14(21-12)15(16,17)18/h3-6,8,11H,7H2,1-2H3,(H,22,23)(H,19,20,21). The van der Waals surface area contributed by atoms with Gasteiger partial charge in [-0.1, -0.05) is 26.0 Å². The van der Waals surface area contributed by atoms with Crippen LogP contribution in [0.25, 0.3) is 10.9 Å². The molecule has 1 unspecified atom stereocenters. The monoisotopic (exact) mass is 327 g/mol. The molecule has 0 bridgehead atoms. The van der Waals surface area contributed by atoms with Gasteiger partial charge in [-0.2, -0.15) is 13.2 Å². The molecule has 0 saturated heterocycles. The van der Waals surface area contributed by atoms with E-state index in [0.717, 1.165) is 0 Å². The van der Waals surface area contributed by atoms with Gasteiger partial charge in [0.05, 0.1) is 5.52 Å². The molecule has 5 nitrogen and oxygen atoms in total. The van der Waals surface area contributed by atoms with E-state index in [1.165, 1.54) is 6.07 Å². The first-order chi connectivity index (χ1) is 10.7. The fourth-order valence-corrected chi connectivity index (χ4v) is 2.17. The summed E-state index contributed by atoms with van der Waals surface area (Å²) in [5.41, 5.74) is 0.103. The first-order valence-corrected chi connectivity index (χ1v) is 7.02. The number of benzene rings is 1. The van der Waals surface area contributed by atoms with Gasteiger partial charge in [-0.15, -0.1) is 0 Å². The van der Waals surface area contributed by atoms with Crippen LogP contribution in [0.3, 0.4) is 0 Å². The van der Waals surface area contributed by atoms with E-state index in [4.69, 9.17) is 0 Å². The van der Waals surface area contributed by atoms with Crippen molar-refractivity contribution in [3.8, 4) is 0 Å². The molecule has 0 saturated carbocycles. The molecule has 2 aromatic rings. The summed E-state index contributed by atoms with van der Waals surface area (Å²) >= 11 is 0. The number of rotatable bonds is 5. The molecule has 2 rings (SSSR count). The molecule has 0 aliphatic carbocycles. The van der Waals surface area contributed by atoms with E-state index in [2.05, 4.69) is 15.3 Å². The number of anilines is 1. The SMILES string of the molecule is CC(C)CC(Nc1nc(C(F)(F)F)nc2ccccc12)C(=O)O. The number of carboxylic acids is 1. The van der Waals surface area contributed by atoms with Crippen LogP contribution < -0.4 is 5.32 Å². The molecule has 1 heterocycles. The number of para-hydroxylation sites is 1. The minimum absolute atomic E-state index is 0.0544. The van der Waals surface area contributed by atoms with E-state index in [1.54, 1.807) is 18.2 Å². The number of aromatic nitrogens is 2. The molecule has 0 aliphatic heterocycles. The number of hydrogen-bond donors (Lipinski definition) is 2. The number of halogens is 3. The van der Waals surface area contributed by atoms with Crippen molar-refractivity contribution in [1.82, 2.24) is 9.97 Å². The predicted molar refractivity (Wildman–Crippen MR) is 79.0 cm³/mol. The highest BCUT2D eigenvalue weighted by Gasteiger charge is 2.36. The molecular weight excluding hydrogens is 311 g/mol. The fourth-order valence-electron chi connectivity index (χ4n) is 2.17. The van der Waals surface area contributed by atoms with Crippen molar-refractivity contribution in [3.05, 3.63) is 30.1 Å². The molecule has 23 heavy (non-hydrogen) atoms. The summed E-state index contributed by atoms with van der Waals surface area (Å²) in [4.78, 5) is 18.3. The number of alkyl halides is 3. The number of carboxylic acid groups (broad SMARTS) is 1. The topological polar surface area (TPSA) is 75.1 Å². The molecule has 1 aromatic carbocycles. The van der Waals surface area contributed by atoms with Crippen molar-refractivity contribution in [2.75, 3.05) is 5.32 Å². The Morgan fingerprint density at radius 2 is 1.91 bits per heavy atom. The van der Waals surface area contributed by atoms with Gasteiger partial charge in [-0.3, -0.25) is 0 Å². The summed E-state index contributed by atoms with van der Waals surface area (Å²) in [6, 6.07) is 5.13. The zero-order valence-electron chi connectivity index (χ0n) is 12.6. The molecule has 124 valence electrons. The van der Waals surface area contributed by atoms with Crippen LogP contribution in [0.15, 0.2) is 24.3 Å². The van der Waals surface area contributed by atoms with Crippen molar-refractivity contribution < 1.29 is 23.1 Å². The van der Waals surface area contributed by atoms with Gasteiger partial charge in [0.2, 0.25) is 5.82 Å². The molecule has 8 heteroatoms. The third kappa shape index (κ3) is 4.08. The average molecular weight is 327 g/mol. The largest absolute Gasteiger partial charge is 0.480 e. The van der Waals surface area contributed by atoms with E-state index in [1.807, 2.05) is 13.8 Å². The van der Waals surface area contributed by atoms with Crippen molar-refractivity contribution in [2.24, 2.45) is 5.92 Å². The molecule has 1 aromatic heterocycles. The van der Waals surface area contributed by atoms with Gasteiger partial charge < -0.3 is 10.4 Å². The van der Waals surface area contributed by atoms with Gasteiger partial charge in [0.25, 0.3) is 0 Å². The predicted octanol–water partition coefficient (Wildman–Crippen LogP) is 3.56. The normalized spacial score (nSPS) is 13.3. The van der Waals surface area contributed by atoms with Crippen molar-refractivity contribution in [3.63, 3.8) is 0 Å². The van der Waals surface area contributed by atoms with E-state index >= 15 is 0 Å². The van der Waals surface area contributed by atoms with Crippen LogP contribution in [-0.2, 0) is 11.0 Å². The van der Waals surface area contributed by atoms with Gasteiger partial charge in [-0.05, 0) is 24.5 Å². The summed E-state index contributed by atoms with van der Waals surface area (Å²) in [5, 5.41) is 12.2. The van der Waals surface area contributed by atoms with Crippen molar-refractivity contribution >= 4 is 22.7 Å². The highest BCUT2D eigenvalue weighted by atomic mass is 19.4. The molecule has 0 spiro atoms. The Kier molecular flexibility index (Phi) is 4.72. The summed E-state index contributed by atoms with van der Waals surface area (Å²) < 4.78 is 38.8. The Bertz CT molecular complexity index is 717. The summed E-state index contributed by atoms with van der Waals surface area (Å²) in [6.07, 6.45) is -4.45. The first kappa shape index (κ1) is 17.0. The van der Waals surface area contributed by atoms with E-state index < -0.39 is 24.0 Å². The minimum Gasteiger partial charge on any atom is -0.480 e. The zero-order valence-corrected chi connectivity index (χ0v) is 12.6. The molecule has 1 atom stereocenters. The van der Waals surface area contributed by atoms with Crippen LogP contribution in [0, 0.1) is 5.92 Å². The lowest BCUT2D eigenvalue weighted by atomic mass is 10.0. The van der Waals surface area contributed by atoms with E-state index in [-0.39, 0.29) is 23.7 Å². The molecule has 0 fully saturated rings. The average Bonchev–Trinajstić information content (AvgIpc) is 2.44. The van der Waals surface area contributed by atoms with Gasteiger partial charge in [0.15, 0.2) is 0 Å². The molecule has 0 amide bonds. The van der Waals surface area contributed by atoms with E-state index in [9.17, 15) is 23.1 Å². The van der Waals surface area contributed by atoms with Crippen LogP contribution in [0.4, 0.5) is 19.0 Å². The number of aliphatic carboxylic acids is 1. The van der Waals surface area contributed by atoms with Gasteiger partial charge in [0.1, 0.15) is 11.9 Å². The lowest BCUT2D eigenvalue weighted by Crippen LogP contribution is -2.31. The van der Waals surface area contributed by atoms with Gasteiger partial charge in [-0.25, -0.2) is 14.8 Å². The maximum absolute atomic E-state index is 12.9. The lowest BCUT2D eigenvalue weighted by Gasteiger charge is -2.19. The lowest BCUT2D eigenvalue weighted by molar-refractivity contribution is -0.144. The summed E-state index contributed by atoms with van der Waals surface area (Å²) in [7, 11) is 0. The minimum atomic E-state index is -4.71. The highest BCUT2D eigenvalue weighted by molar-refractivity contribution is 5.90. The second-order valence-electron chi connectivity index (χ2n) is 5.58. The van der Waals surface area contributed by atoms with Crippen molar-refractivity contribution in [2.45, 2.75) is 32.5 Å². The molecule has 2 N–H and O–H groups in total. The fraction of sp³-hybridized carbons (Fsp3) is 0.400. The summed E-state index contributed by atoms with van der Waals surface area (Å²) in [5.74, 6) is -2.52. The Hall–Kier alpha value is -2.38. The van der Waals surface area contributed by atoms with E-state index in [0.29, 0.717) is 5.39 Å². The Labute approximate surface area is 130 Å². The number of nitrogens with zero attached hydrogens (tertiary/aromatic N) is 2. The van der Waals surface area contributed by atoms with Gasteiger partial charge >= 0.3 is 12.1 Å². The van der Waals surface area contributed by atoms with Crippen LogP contribution in [-0.4, -0.2) is 27.1 Å². The Morgan fingerprint density at radius 1 is 1.26 bits per heavy atom. The Morgan fingerprint density at radius 3 is 2.48 bits per heavy atom. The third-order valence-electron chi connectivity index (χ3n) is 3.17. The third-order valence-corrected chi connectivity index (χ3v) is 3.17. The van der Waals surface area contributed by atoms with Gasteiger partial charge in [0, 0.05) is 5.39 Å². The molecular formula is C15H16F3N3O2. The smallest absolute Gasteiger partial charge is 0.451 e. The van der Waals surface area contributed by atoms with Crippen LogP contribution in [0.5, 0.6) is 0 Å². The second-order valence-corrected chi connectivity index (χ2v) is 5.58. The molecule has 0 radical (unpaired) electrons. The number of hydrogen-bond acceptors (Lipinski definition) is 4. The van der Waals surface area contributed by atoms with Crippen LogP contribution in [0.1, 0.15) is 26.1 Å². The number of nitrogens with one attached hydrogen (secondary N) is 1. The number of fused-ring (bicyclic) bond motifs is 1. The first-order valence-electron chi connectivity index (χ1n) is 7.02. The van der Waals surface area contributed by atoms with Crippen LogP contribution in [0.2, 0.25) is 0 Å². The second kappa shape index (κ2) is 6.39. The number of carbonyl (C=O) groups is 1. The summed E-state index contributed by atoms with van der Waals surface area (Å²) in [6.45, 7) is 3.66. The maximum atomic E-state index is 12.9.